The molecule has 1 atom stereocenters. The largest absolute Gasteiger partial charge is 0.360 e. The lowest BCUT2D eigenvalue weighted by Gasteiger charge is -2.24. The van der Waals surface area contributed by atoms with Gasteiger partial charge in [0.05, 0.1) is 6.04 Å². The van der Waals surface area contributed by atoms with E-state index in [1.165, 1.54) is 5.39 Å². The summed E-state index contributed by atoms with van der Waals surface area (Å²) < 4.78 is 7.63. The van der Waals surface area contributed by atoms with Crippen molar-refractivity contribution in [3.63, 3.8) is 0 Å². The molecular formula is C22H24N4O3. The summed E-state index contributed by atoms with van der Waals surface area (Å²) in [6.07, 6.45) is 2.78. The molecule has 1 unspecified atom stereocenters. The first kappa shape index (κ1) is 18.0. The number of hydrogen-bond acceptors (Lipinski definition) is 4. The smallest absolute Gasteiger partial charge is 0.256 e. The molecule has 150 valence electrons. The van der Waals surface area contributed by atoms with E-state index in [-0.39, 0.29) is 17.9 Å². The number of amides is 2. The Labute approximate surface area is 168 Å². The van der Waals surface area contributed by atoms with Gasteiger partial charge in [-0.1, -0.05) is 23.4 Å². The summed E-state index contributed by atoms with van der Waals surface area (Å²) in [6.45, 7) is 3.97. The van der Waals surface area contributed by atoms with Crippen LogP contribution >= 0.6 is 0 Å². The van der Waals surface area contributed by atoms with E-state index in [4.69, 9.17) is 4.52 Å². The first-order valence-electron chi connectivity index (χ1n) is 10.2. The Bertz CT molecular complexity index is 1100. The number of carbonyl (C=O) groups is 2. The van der Waals surface area contributed by atoms with Gasteiger partial charge in [-0.15, -0.1) is 0 Å². The fourth-order valence-electron chi connectivity index (χ4n) is 4.70. The van der Waals surface area contributed by atoms with Gasteiger partial charge in [0, 0.05) is 43.7 Å². The summed E-state index contributed by atoms with van der Waals surface area (Å²) in [4.78, 5) is 27.3. The van der Waals surface area contributed by atoms with Crippen molar-refractivity contribution in [1.82, 2.24) is 19.9 Å². The molecule has 0 bridgehead atoms. The monoisotopic (exact) mass is 392 g/mol. The lowest BCUT2D eigenvalue weighted by atomic mass is 10.0. The molecular weight excluding hydrogens is 368 g/mol. The summed E-state index contributed by atoms with van der Waals surface area (Å²) >= 11 is 0. The minimum Gasteiger partial charge on any atom is -0.360 e. The van der Waals surface area contributed by atoms with Crippen LogP contribution in [0.25, 0.3) is 10.9 Å². The predicted octanol–water partition coefficient (Wildman–Crippen LogP) is 2.98. The molecule has 2 aromatic heterocycles. The van der Waals surface area contributed by atoms with Crippen molar-refractivity contribution in [2.45, 2.75) is 45.2 Å². The van der Waals surface area contributed by atoms with Crippen LogP contribution in [-0.4, -0.2) is 39.5 Å². The van der Waals surface area contributed by atoms with Gasteiger partial charge in [0.25, 0.3) is 5.91 Å². The van der Waals surface area contributed by atoms with Crippen LogP contribution in [0.15, 0.2) is 34.9 Å². The van der Waals surface area contributed by atoms with Gasteiger partial charge < -0.3 is 19.3 Å². The predicted molar refractivity (Wildman–Crippen MR) is 108 cm³/mol. The van der Waals surface area contributed by atoms with Crippen molar-refractivity contribution in [1.29, 1.82) is 0 Å². The fraction of sp³-hybridized carbons (Fsp3) is 0.409. The van der Waals surface area contributed by atoms with Crippen molar-refractivity contribution in [3.05, 3.63) is 53.0 Å². The first-order chi connectivity index (χ1) is 14.1. The summed E-state index contributed by atoms with van der Waals surface area (Å²) in [7, 11) is 0. The van der Waals surface area contributed by atoms with Crippen molar-refractivity contribution in [2.75, 3.05) is 13.1 Å². The minimum atomic E-state index is -0.179. The van der Waals surface area contributed by atoms with E-state index in [2.05, 4.69) is 40.2 Å². The molecule has 1 fully saturated rings. The zero-order chi connectivity index (χ0) is 20.0. The number of nitrogens with zero attached hydrogens (tertiary/aromatic N) is 3. The summed E-state index contributed by atoms with van der Waals surface area (Å²) in [6, 6.07) is 10.2. The Morgan fingerprint density at radius 3 is 3.10 bits per heavy atom. The number of nitrogens with one attached hydrogen (secondary N) is 1. The second kappa shape index (κ2) is 7.06. The third kappa shape index (κ3) is 3.01. The van der Waals surface area contributed by atoms with Crippen LogP contribution in [0.2, 0.25) is 0 Å². The highest BCUT2D eigenvalue weighted by Crippen LogP contribution is 2.35. The van der Waals surface area contributed by atoms with E-state index in [1.807, 2.05) is 17.0 Å². The number of benzene rings is 1. The highest BCUT2D eigenvalue weighted by molar-refractivity contribution is 5.97. The van der Waals surface area contributed by atoms with E-state index >= 15 is 0 Å². The van der Waals surface area contributed by atoms with E-state index in [0.717, 1.165) is 24.1 Å². The lowest BCUT2D eigenvalue weighted by Crippen LogP contribution is -2.35. The number of carbonyl (C=O) groups excluding carboxylic acids is 2. The molecule has 7 nitrogen and oxygen atoms in total. The lowest BCUT2D eigenvalue weighted by molar-refractivity contribution is -0.132. The molecule has 3 aromatic rings. The molecule has 0 radical (unpaired) electrons. The van der Waals surface area contributed by atoms with Crippen LogP contribution in [0.4, 0.5) is 0 Å². The second-order valence-electron chi connectivity index (χ2n) is 7.86. The molecule has 5 rings (SSSR count). The maximum Gasteiger partial charge on any atom is 0.256 e. The Balaban J connectivity index is 1.35. The number of fused-ring (bicyclic) bond motifs is 2. The van der Waals surface area contributed by atoms with Crippen molar-refractivity contribution in [2.24, 2.45) is 0 Å². The van der Waals surface area contributed by atoms with Crippen LogP contribution in [0.3, 0.4) is 0 Å². The second-order valence-corrected chi connectivity index (χ2v) is 7.86. The van der Waals surface area contributed by atoms with Gasteiger partial charge in [0.2, 0.25) is 5.91 Å². The molecule has 2 amide bonds. The third-order valence-electron chi connectivity index (χ3n) is 6.11. The molecule has 1 saturated heterocycles. The Hall–Kier alpha value is -3.09. The molecule has 0 aliphatic carbocycles. The Morgan fingerprint density at radius 2 is 2.21 bits per heavy atom. The average Bonchev–Trinajstić information content (AvgIpc) is 3.42. The number of aryl methyl sites for hydroxylation is 2. The quantitative estimate of drug-likeness (QED) is 0.740. The van der Waals surface area contributed by atoms with Gasteiger partial charge in [0.1, 0.15) is 11.3 Å². The van der Waals surface area contributed by atoms with Gasteiger partial charge in [-0.25, -0.2) is 0 Å². The number of likely N-dealkylation sites (tertiary alicyclic amines) is 1. The van der Waals surface area contributed by atoms with Gasteiger partial charge >= 0.3 is 0 Å². The van der Waals surface area contributed by atoms with Crippen LogP contribution in [0.5, 0.6) is 0 Å². The maximum absolute atomic E-state index is 13.1. The van der Waals surface area contributed by atoms with Gasteiger partial charge in [0.15, 0.2) is 5.76 Å². The van der Waals surface area contributed by atoms with E-state index in [1.54, 1.807) is 0 Å². The first-order valence-corrected chi connectivity index (χ1v) is 10.2. The zero-order valence-corrected chi connectivity index (χ0v) is 16.5. The molecule has 1 N–H and O–H groups in total. The van der Waals surface area contributed by atoms with Crippen LogP contribution in [-0.2, 0) is 17.8 Å². The van der Waals surface area contributed by atoms with Crippen LogP contribution < -0.4 is 5.32 Å². The molecule has 0 spiro atoms. The topological polar surface area (TPSA) is 80.4 Å². The van der Waals surface area contributed by atoms with Crippen molar-refractivity contribution < 1.29 is 14.1 Å². The van der Waals surface area contributed by atoms with Gasteiger partial charge in [-0.2, -0.15) is 0 Å². The number of rotatable bonds is 4. The number of para-hydroxylation sites is 1. The van der Waals surface area contributed by atoms with E-state index < -0.39 is 0 Å². The molecule has 7 heteroatoms. The van der Waals surface area contributed by atoms with Crippen molar-refractivity contribution >= 4 is 22.7 Å². The molecule has 2 aliphatic rings. The Kier molecular flexibility index (Phi) is 4.38. The fourth-order valence-corrected chi connectivity index (χ4v) is 4.70. The maximum atomic E-state index is 13.1. The molecule has 4 heterocycles. The van der Waals surface area contributed by atoms with Crippen LogP contribution in [0, 0.1) is 6.92 Å². The highest BCUT2D eigenvalue weighted by Gasteiger charge is 2.37. The van der Waals surface area contributed by atoms with Crippen molar-refractivity contribution in [3.8, 4) is 0 Å². The minimum absolute atomic E-state index is 0.0950. The highest BCUT2D eigenvalue weighted by atomic mass is 16.5. The number of hydrogen-bond donors (Lipinski definition) is 1. The normalized spacial score (nSPS) is 18.9. The van der Waals surface area contributed by atoms with Crippen LogP contribution in [0.1, 0.15) is 52.8 Å². The average molecular weight is 392 g/mol. The summed E-state index contributed by atoms with van der Waals surface area (Å²) in [5.74, 6) is 0.589. The summed E-state index contributed by atoms with van der Waals surface area (Å²) in [5.41, 5.74) is 3.45. The third-order valence-corrected chi connectivity index (χ3v) is 6.11. The molecule has 0 saturated carbocycles. The van der Waals surface area contributed by atoms with E-state index in [0.29, 0.717) is 49.5 Å². The SMILES string of the molecule is Cc1cc2ccccc2n1CCC(=O)N1CCCC1c1noc2c1C(=O)NCC2. The van der Waals surface area contributed by atoms with Gasteiger partial charge in [-0.05, 0) is 37.3 Å². The zero-order valence-electron chi connectivity index (χ0n) is 16.5. The van der Waals surface area contributed by atoms with Gasteiger partial charge in [-0.3, -0.25) is 9.59 Å². The molecule has 2 aliphatic heterocycles. The molecule has 1 aromatic carbocycles. The standard InChI is InChI=1S/C22H24N4O3/c1-14-13-15-5-2-3-6-16(15)25(14)12-9-19(27)26-11-4-7-17(26)21-20-18(29-24-21)8-10-23-22(20)28/h2-3,5-6,13,17H,4,7-12H2,1H3,(H,23,28). The van der Waals surface area contributed by atoms with E-state index in [9.17, 15) is 9.59 Å². The number of aromatic nitrogens is 2. The molecule has 29 heavy (non-hydrogen) atoms. The summed E-state index contributed by atoms with van der Waals surface area (Å²) in [5, 5.41) is 8.24. The Morgan fingerprint density at radius 1 is 1.34 bits per heavy atom.